The van der Waals surface area contributed by atoms with E-state index >= 15 is 0 Å². The van der Waals surface area contributed by atoms with Crippen molar-refractivity contribution in [2.75, 3.05) is 4.55 Å². The van der Waals surface area contributed by atoms with Gasteiger partial charge in [0.2, 0.25) is 0 Å². The quantitative estimate of drug-likeness (QED) is 0.207. The first-order valence-corrected chi connectivity index (χ1v) is 7.30. The first-order chi connectivity index (χ1) is 6.81. The van der Waals surface area contributed by atoms with Crippen molar-refractivity contribution in [2.45, 2.75) is 0 Å². The molecule has 2 aromatic heterocycles. The van der Waals surface area contributed by atoms with Crippen LogP contribution in [0.2, 0.25) is 0 Å². The van der Waals surface area contributed by atoms with Crippen LogP contribution in [-0.2, 0) is 0 Å². The van der Waals surface area contributed by atoms with Gasteiger partial charge in [-0.1, -0.05) is 0 Å². The van der Waals surface area contributed by atoms with Crippen molar-refractivity contribution in [1.29, 1.82) is 0 Å². The first kappa shape index (κ1) is 10.3. The monoisotopic (exact) mass is 312 g/mol. The first-order valence-electron chi connectivity index (χ1n) is 4.11. The Balaban J connectivity index is 2.60. The molecule has 14 heavy (non-hydrogen) atoms. The molecule has 0 aliphatic carbocycles. The van der Waals surface area contributed by atoms with Gasteiger partial charge in [0, 0.05) is 0 Å². The van der Waals surface area contributed by atoms with Gasteiger partial charge in [0.05, 0.1) is 0 Å². The van der Waals surface area contributed by atoms with E-state index in [9.17, 15) is 0 Å². The van der Waals surface area contributed by atoms with E-state index in [0.717, 1.165) is 23.7 Å². The average molecular weight is 312 g/mol. The summed E-state index contributed by atoms with van der Waals surface area (Å²) in [6, 6.07) is 6.09. The molecule has 0 amide bonds. The van der Waals surface area contributed by atoms with Gasteiger partial charge in [-0.15, -0.1) is 0 Å². The summed E-state index contributed by atoms with van der Waals surface area (Å²) in [6.45, 7) is 0. The van der Waals surface area contributed by atoms with E-state index in [1.165, 1.54) is 0 Å². The van der Waals surface area contributed by atoms with Gasteiger partial charge in [-0.2, -0.15) is 0 Å². The number of aromatic nitrogens is 2. The number of hydrogen-bond donors (Lipinski definition) is 1. The maximum absolute atomic E-state index is 5.54. The van der Waals surface area contributed by atoms with Crippen molar-refractivity contribution in [3.05, 3.63) is 28.1 Å². The molecule has 0 aliphatic heterocycles. The Morgan fingerprint density at radius 1 is 1.50 bits per heavy atom. The minimum atomic E-state index is -0.136. The molecule has 0 bridgehead atoms. The molecule has 2 radical (unpaired) electrons. The van der Waals surface area contributed by atoms with Gasteiger partial charge < -0.3 is 0 Å². The fourth-order valence-corrected chi connectivity index (χ4v) is 3.30. The topological polar surface area (TPSA) is 51.8 Å². The third kappa shape index (κ3) is 2.06. The molecule has 3 nitrogen and oxygen atoms in total. The molecule has 0 aliphatic rings. The third-order valence-corrected chi connectivity index (χ3v) is 3.97. The van der Waals surface area contributed by atoms with E-state index < -0.39 is 0 Å². The van der Waals surface area contributed by atoms with Crippen LogP contribution in [0.25, 0.3) is 10.9 Å². The number of fused-ring (bicyclic) bond motifs is 1. The second-order valence-electron chi connectivity index (χ2n) is 2.69. The number of rotatable bonds is 2. The zero-order valence-corrected chi connectivity index (χ0v) is 10.8. The molecule has 0 aromatic carbocycles. The molecule has 0 saturated carbocycles. The Bertz CT molecular complexity index is 461. The van der Waals surface area contributed by atoms with E-state index in [1.807, 2.05) is 6.07 Å². The maximum atomic E-state index is 5.54. The molecule has 5 heteroatoms. The van der Waals surface area contributed by atoms with Gasteiger partial charge in [-0.05, 0) is 0 Å². The van der Waals surface area contributed by atoms with Gasteiger partial charge in [-0.3, -0.25) is 0 Å². The van der Waals surface area contributed by atoms with Crippen molar-refractivity contribution < 1.29 is 21.2 Å². The van der Waals surface area contributed by atoms with Crippen LogP contribution >= 0.6 is 0 Å². The summed E-state index contributed by atoms with van der Waals surface area (Å²) >= 11 is 2.49. The molecule has 0 spiro atoms. The molecule has 0 atom stereocenters. The van der Waals surface area contributed by atoms with Crippen LogP contribution in [0.15, 0.2) is 24.4 Å². The van der Waals surface area contributed by atoms with Crippen molar-refractivity contribution in [3.63, 3.8) is 0 Å². The van der Waals surface area contributed by atoms with E-state index in [2.05, 4.69) is 38.4 Å². The van der Waals surface area contributed by atoms with E-state index in [0.29, 0.717) is 0 Å². The Morgan fingerprint density at radius 3 is 3.14 bits per heavy atom. The summed E-state index contributed by atoms with van der Waals surface area (Å²) in [5.74, 6) is 0. The summed E-state index contributed by atoms with van der Waals surface area (Å²) in [6.07, 6.45) is 1.79. The van der Waals surface area contributed by atoms with Gasteiger partial charge in [0.1, 0.15) is 0 Å². The number of pyridine rings is 2. The van der Waals surface area contributed by atoms with E-state index in [4.69, 9.17) is 5.73 Å². The van der Waals surface area contributed by atoms with Crippen LogP contribution in [-0.4, -0.2) is 30.8 Å². The Kier molecular flexibility index (Phi) is 3.34. The van der Waals surface area contributed by atoms with Gasteiger partial charge in [0.25, 0.3) is 0 Å². The van der Waals surface area contributed by atoms with Crippen LogP contribution in [0.5, 0.6) is 0 Å². The fraction of sp³-hybridized carbons (Fsp3) is 0.111. The second-order valence-corrected chi connectivity index (χ2v) is 5.99. The molecule has 2 heterocycles. The van der Waals surface area contributed by atoms with Crippen LogP contribution in [0.1, 0.15) is 0 Å². The number of hydrogen-bond acceptors (Lipinski definition) is 3. The minimum absolute atomic E-state index is 0.136. The molecule has 70 valence electrons. The molecule has 2 rings (SSSR count). The zero-order chi connectivity index (χ0) is 9.97. The molecule has 0 fully saturated rings. The predicted molar refractivity (Wildman–Crippen MR) is 52.7 cm³/mol. The number of alkyl halides is 1. The molecule has 2 aromatic rings. The van der Waals surface area contributed by atoms with Crippen LogP contribution < -0.4 is 31.5 Å². The SMILES string of the molecule is NC[I-]c1cc2cccnc2[c]([Al])n1. The van der Waals surface area contributed by atoms with Crippen LogP contribution in [0.3, 0.4) is 0 Å². The summed E-state index contributed by atoms with van der Waals surface area (Å²) in [7, 11) is 0. The predicted octanol–water partition coefficient (Wildman–Crippen LogP) is -3.40. The third-order valence-electron chi connectivity index (χ3n) is 1.80. The van der Waals surface area contributed by atoms with Gasteiger partial charge in [-0.25, -0.2) is 0 Å². The average Bonchev–Trinajstić information content (AvgIpc) is 2.18. The van der Waals surface area contributed by atoms with E-state index in [1.54, 1.807) is 6.20 Å². The van der Waals surface area contributed by atoms with E-state index in [-0.39, 0.29) is 21.2 Å². The standard InChI is InChI=1S/C9H8IN3.Al/c11-6-10-9-4-7-2-1-3-12-8(7)5-13-9;/h1-4H,6,11H2;/q-1;. The summed E-state index contributed by atoms with van der Waals surface area (Å²) in [4.78, 5) is 8.74. The number of nitrogens with two attached hydrogens (primary N) is 1. The van der Waals surface area contributed by atoms with Crippen molar-refractivity contribution in [3.8, 4) is 0 Å². The Labute approximate surface area is 101 Å². The summed E-state index contributed by atoms with van der Waals surface area (Å²) in [5, 5.41) is 1.15. The molecule has 0 saturated heterocycles. The van der Waals surface area contributed by atoms with Crippen LogP contribution in [0, 0.1) is 3.70 Å². The van der Waals surface area contributed by atoms with Gasteiger partial charge >= 0.3 is 101 Å². The Morgan fingerprint density at radius 2 is 2.36 bits per heavy atom. The normalized spacial score (nSPS) is 10.9. The summed E-state index contributed by atoms with van der Waals surface area (Å²) in [5.41, 5.74) is 6.50. The fourth-order valence-electron chi connectivity index (χ4n) is 1.22. The van der Waals surface area contributed by atoms with Crippen molar-refractivity contribution in [2.24, 2.45) is 5.73 Å². The Hall–Kier alpha value is -0.218. The van der Waals surface area contributed by atoms with Crippen molar-refractivity contribution in [1.82, 2.24) is 9.97 Å². The second kappa shape index (κ2) is 4.53. The number of halogens is 1. The molecule has 0 unspecified atom stereocenters. The molecule has 2 N–H and O–H groups in total. The molecular weight excluding hydrogens is 304 g/mol. The summed E-state index contributed by atoms with van der Waals surface area (Å²) < 4.78 is 2.80. The molecular formula is C9H8AlIN3-. The van der Waals surface area contributed by atoms with Gasteiger partial charge in [0.15, 0.2) is 0 Å². The zero-order valence-electron chi connectivity index (χ0n) is 7.44. The van der Waals surface area contributed by atoms with Crippen molar-refractivity contribution >= 4 is 31.7 Å². The van der Waals surface area contributed by atoms with Crippen LogP contribution in [0.4, 0.5) is 0 Å². The number of nitrogens with zero attached hydrogens (tertiary/aromatic N) is 2.